The van der Waals surface area contributed by atoms with Crippen molar-refractivity contribution < 1.29 is 0 Å². The third-order valence-corrected chi connectivity index (χ3v) is 7.68. The van der Waals surface area contributed by atoms with E-state index in [2.05, 4.69) is 57.7 Å². The summed E-state index contributed by atoms with van der Waals surface area (Å²) >= 11 is 0. The zero-order valence-corrected chi connectivity index (χ0v) is 19.8. The lowest BCUT2D eigenvalue weighted by Crippen LogP contribution is -2.50. The molecule has 5 rings (SSSR count). The van der Waals surface area contributed by atoms with Crippen molar-refractivity contribution in [1.82, 2.24) is 15.2 Å². The fourth-order valence-corrected chi connectivity index (χ4v) is 5.88. The predicted molar refractivity (Wildman–Crippen MR) is 137 cm³/mol. The van der Waals surface area contributed by atoms with Crippen LogP contribution in [0.1, 0.15) is 61.1 Å². The molecular weight excluding hydrogens is 402 g/mol. The SMILES string of the molecule is C=C(C1C2=C(CCC=C2)CCc2ccccc21)N1CCN[C@@H](CCCCc2cccnc2)C1. The average molecular weight is 440 g/mol. The van der Waals surface area contributed by atoms with Crippen molar-refractivity contribution in [3.63, 3.8) is 0 Å². The molecule has 2 heterocycles. The molecular formula is C30H37N3. The number of rotatable bonds is 7. The zero-order chi connectivity index (χ0) is 22.5. The number of nitrogens with zero attached hydrogens (tertiary/aromatic N) is 2. The van der Waals surface area contributed by atoms with Gasteiger partial charge in [-0.05, 0) is 73.3 Å². The van der Waals surface area contributed by atoms with Crippen LogP contribution in [0.3, 0.4) is 0 Å². The molecule has 0 bridgehead atoms. The highest BCUT2D eigenvalue weighted by Crippen LogP contribution is 2.43. The minimum Gasteiger partial charge on any atom is -0.372 e. The lowest BCUT2D eigenvalue weighted by atomic mass is 9.82. The summed E-state index contributed by atoms with van der Waals surface area (Å²) in [5.41, 5.74) is 8.81. The van der Waals surface area contributed by atoms with E-state index < -0.39 is 0 Å². The Morgan fingerprint density at radius 3 is 2.94 bits per heavy atom. The number of aryl methyl sites for hydroxylation is 2. The third kappa shape index (κ3) is 5.14. The average Bonchev–Trinajstić information content (AvgIpc) is 3.04. The Morgan fingerprint density at radius 1 is 1.09 bits per heavy atom. The molecule has 1 aliphatic heterocycles. The molecule has 172 valence electrons. The molecule has 1 aromatic carbocycles. The summed E-state index contributed by atoms with van der Waals surface area (Å²) in [4.78, 5) is 6.83. The van der Waals surface area contributed by atoms with E-state index in [1.54, 1.807) is 5.57 Å². The minimum atomic E-state index is 0.305. The second-order valence-electron chi connectivity index (χ2n) is 9.83. The maximum atomic E-state index is 4.73. The van der Waals surface area contributed by atoms with Crippen LogP contribution >= 0.6 is 0 Å². The lowest BCUT2D eigenvalue weighted by Gasteiger charge is -2.40. The number of allylic oxidation sites excluding steroid dienone is 4. The number of benzene rings is 1. The number of aromatic nitrogens is 1. The van der Waals surface area contributed by atoms with Crippen LogP contribution in [-0.2, 0) is 12.8 Å². The number of fused-ring (bicyclic) bond motifs is 1. The summed E-state index contributed by atoms with van der Waals surface area (Å²) in [6, 6.07) is 13.9. The molecule has 1 N–H and O–H groups in total. The van der Waals surface area contributed by atoms with E-state index in [-0.39, 0.29) is 0 Å². The van der Waals surface area contributed by atoms with E-state index in [0.717, 1.165) is 32.5 Å². The zero-order valence-electron chi connectivity index (χ0n) is 19.8. The predicted octanol–water partition coefficient (Wildman–Crippen LogP) is 5.96. The first-order valence-electron chi connectivity index (χ1n) is 12.8. The van der Waals surface area contributed by atoms with E-state index in [4.69, 9.17) is 6.58 Å². The highest BCUT2D eigenvalue weighted by atomic mass is 15.2. The van der Waals surface area contributed by atoms with Crippen LogP contribution in [0.2, 0.25) is 0 Å². The van der Waals surface area contributed by atoms with Crippen LogP contribution in [0.4, 0.5) is 0 Å². The molecule has 2 atom stereocenters. The molecule has 1 fully saturated rings. The molecule has 1 aromatic heterocycles. The number of piperazine rings is 1. The standard InChI is InChI=1S/C30H37N3/c1-23(30-28-14-6-3-11-25(28)16-17-26-12-4-7-15-29(26)30)33-20-19-32-27(22-33)13-5-2-9-24-10-8-18-31-21-24/h3,6-8,10-11,14-15,18,21,27,30,32H,1-2,4-5,9,12-13,16-17,19-20,22H2/t27-,30?/m0/s1. The second-order valence-corrected chi connectivity index (χ2v) is 9.83. The molecule has 0 radical (unpaired) electrons. The number of nitrogens with one attached hydrogen (secondary N) is 1. The van der Waals surface area contributed by atoms with E-state index in [9.17, 15) is 0 Å². The van der Waals surface area contributed by atoms with Crippen LogP contribution in [0.15, 0.2) is 84.4 Å². The van der Waals surface area contributed by atoms with Gasteiger partial charge in [0.15, 0.2) is 0 Å². The van der Waals surface area contributed by atoms with Gasteiger partial charge in [0, 0.05) is 49.7 Å². The monoisotopic (exact) mass is 439 g/mol. The highest BCUT2D eigenvalue weighted by molar-refractivity contribution is 5.51. The Bertz CT molecular complexity index is 1020. The quantitative estimate of drug-likeness (QED) is 0.540. The summed E-state index contributed by atoms with van der Waals surface area (Å²) in [5.74, 6) is 0.305. The number of pyridine rings is 1. The topological polar surface area (TPSA) is 28.2 Å². The fraction of sp³-hybridized carbons (Fsp3) is 0.433. The van der Waals surface area contributed by atoms with E-state index in [1.807, 2.05) is 18.5 Å². The Labute approximate surface area is 199 Å². The first-order valence-corrected chi connectivity index (χ1v) is 12.8. The van der Waals surface area contributed by atoms with Gasteiger partial charge in [-0.25, -0.2) is 0 Å². The third-order valence-electron chi connectivity index (χ3n) is 7.68. The van der Waals surface area contributed by atoms with Crippen molar-refractivity contribution in [2.45, 2.75) is 63.3 Å². The Kier molecular flexibility index (Phi) is 7.06. The van der Waals surface area contributed by atoms with Gasteiger partial charge in [0.1, 0.15) is 0 Å². The van der Waals surface area contributed by atoms with Gasteiger partial charge in [-0.2, -0.15) is 0 Å². The van der Waals surface area contributed by atoms with Gasteiger partial charge in [0.25, 0.3) is 0 Å². The first kappa shape index (κ1) is 22.2. The van der Waals surface area contributed by atoms with Crippen molar-refractivity contribution in [2.75, 3.05) is 19.6 Å². The minimum absolute atomic E-state index is 0.305. The largest absolute Gasteiger partial charge is 0.372 e. The first-order chi connectivity index (χ1) is 16.3. The van der Waals surface area contributed by atoms with Crippen LogP contribution < -0.4 is 5.32 Å². The summed E-state index contributed by atoms with van der Waals surface area (Å²) < 4.78 is 0. The van der Waals surface area contributed by atoms with Crippen molar-refractivity contribution in [3.8, 4) is 0 Å². The maximum Gasteiger partial charge on any atom is 0.0485 e. The summed E-state index contributed by atoms with van der Waals surface area (Å²) in [5, 5.41) is 3.77. The molecule has 1 saturated heterocycles. The molecule has 0 amide bonds. The van der Waals surface area contributed by atoms with Gasteiger partial charge in [-0.1, -0.05) is 61.1 Å². The molecule has 2 aliphatic carbocycles. The highest BCUT2D eigenvalue weighted by Gasteiger charge is 2.31. The lowest BCUT2D eigenvalue weighted by molar-refractivity contribution is 0.229. The Morgan fingerprint density at radius 2 is 2.03 bits per heavy atom. The maximum absolute atomic E-state index is 4.73. The number of hydrogen-bond donors (Lipinski definition) is 1. The smallest absolute Gasteiger partial charge is 0.0485 e. The molecule has 0 spiro atoms. The summed E-state index contributed by atoms with van der Waals surface area (Å²) in [7, 11) is 0. The van der Waals surface area contributed by atoms with Crippen molar-refractivity contribution in [1.29, 1.82) is 0 Å². The summed E-state index contributed by atoms with van der Waals surface area (Å²) in [6.45, 7) is 7.89. The van der Waals surface area contributed by atoms with Gasteiger partial charge in [-0.15, -0.1) is 0 Å². The molecule has 0 saturated carbocycles. The fourth-order valence-electron chi connectivity index (χ4n) is 5.88. The van der Waals surface area contributed by atoms with Crippen LogP contribution in [0.25, 0.3) is 0 Å². The van der Waals surface area contributed by atoms with Gasteiger partial charge < -0.3 is 10.2 Å². The van der Waals surface area contributed by atoms with Crippen LogP contribution in [0, 0.1) is 0 Å². The molecule has 1 unspecified atom stereocenters. The van der Waals surface area contributed by atoms with Crippen molar-refractivity contribution in [3.05, 3.63) is 101 Å². The van der Waals surface area contributed by atoms with E-state index in [1.165, 1.54) is 66.5 Å². The van der Waals surface area contributed by atoms with E-state index in [0.29, 0.717) is 12.0 Å². The van der Waals surface area contributed by atoms with Gasteiger partial charge in [0.2, 0.25) is 0 Å². The summed E-state index contributed by atoms with van der Waals surface area (Å²) in [6.07, 6.45) is 18.2. The molecule has 3 nitrogen and oxygen atoms in total. The van der Waals surface area contributed by atoms with E-state index >= 15 is 0 Å². The normalized spacial score (nSPS) is 22.5. The van der Waals surface area contributed by atoms with Crippen LogP contribution in [-0.4, -0.2) is 35.6 Å². The molecule has 3 heteroatoms. The van der Waals surface area contributed by atoms with Gasteiger partial charge in [0.05, 0.1) is 0 Å². The van der Waals surface area contributed by atoms with Crippen molar-refractivity contribution >= 4 is 0 Å². The Hall–Kier alpha value is -2.65. The molecule has 3 aliphatic rings. The molecule has 2 aromatic rings. The Balaban J connectivity index is 1.26. The van der Waals surface area contributed by atoms with Gasteiger partial charge in [-0.3, -0.25) is 4.98 Å². The number of unbranched alkanes of at least 4 members (excludes halogenated alkanes) is 1. The van der Waals surface area contributed by atoms with Gasteiger partial charge >= 0.3 is 0 Å². The molecule has 33 heavy (non-hydrogen) atoms. The van der Waals surface area contributed by atoms with Crippen molar-refractivity contribution in [2.24, 2.45) is 0 Å². The van der Waals surface area contributed by atoms with Crippen LogP contribution in [0.5, 0.6) is 0 Å². The second kappa shape index (κ2) is 10.5. The number of hydrogen-bond acceptors (Lipinski definition) is 3.